The number of hydrogen-bond acceptors (Lipinski definition) is 2. The molecule has 0 saturated heterocycles. The van der Waals surface area contributed by atoms with Crippen molar-refractivity contribution in [3.63, 3.8) is 0 Å². The van der Waals surface area contributed by atoms with Gasteiger partial charge in [0.05, 0.1) is 0 Å². The maximum absolute atomic E-state index is 6.13. The average Bonchev–Trinajstić information content (AvgIpc) is 2.26. The third kappa shape index (κ3) is 4.27. The van der Waals surface area contributed by atoms with Crippen LogP contribution >= 0.6 is 11.8 Å². The van der Waals surface area contributed by atoms with Crippen molar-refractivity contribution < 1.29 is 0 Å². The van der Waals surface area contributed by atoms with Crippen LogP contribution in [-0.2, 0) is 0 Å². The minimum atomic E-state index is 0.198. The first-order chi connectivity index (χ1) is 7.13. The first-order valence-electron chi connectivity index (χ1n) is 5.53. The van der Waals surface area contributed by atoms with Gasteiger partial charge in [-0.25, -0.2) is 0 Å². The Morgan fingerprint density at radius 1 is 1.13 bits per heavy atom. The van der Waals surface area contributed by atoms with Crippen LogP contribution in [0.2, 0.25) is 0 Å². The van der Waals surface area contributed by atoms with Crippen molar-refractivity contribution >= 4 is 11.8 Å². The predicted molar refractivity (Wildman–Crippen MR) is 69.2 cm³/mol. The summed E-state index contributed by atoms with van der Waals surface area (Å²) in [7, 11) is 0. The fourth-order valence-electron chi connectivity index (χ4n) is 1.53. The Labute approximate surface area is 97.4 Å². The molecule has 0 amide bonds. The average molecular weight is 223 g/mol. The van der Waals surface area contributed by atoms with E-state index < -0.39 is 0 Å². The molecule has 15 heavy (non-hydrogen) atoms. The second kappa shape index (κ2) is 6.19. The lowest BCUT2D eigenvalue weighted by molar-refractivity contribution is 0.507. The summed E-state index contributed by atoms with van der Waals surface area (Å²) in [6.45, 7) is 4.48. The van der Waals surface area contributed by atoms with Crippen LogP contribution in [0.5, 0.6) is 0 Å². The molecule has 0 bridgehead atoms. The normalized spacial score (nSPS) is 13.1. The van der Waals surface area contributed by atoms with E-state index in [4.69, 9.17) is 5.73 Å². The molecule has 2 N–H and O–H groups in total. The highest BCUT2D eigenvalue weighted by atomic mass is 32.2. The molecule has 0 heterocycles. The number of hydrogen-bond donors (Lipinski definition) is 1. The van der Waals surface area contributed by atoms with Gasteiger partial charge < -0.3 is 5.73 Å². The van der Waals surface area contributed by atoms with E-state index in [0.29, 0.717) is 0 Å². The molecule has 0 aliphatic carbocycles. The molecule has 0 spiro atoms. The van der Waals surface area contributed by atoms with Gasteiger partial charge in [0.25, 0.3) is 0 Å². The first kappa shape index (κ1) is 12.6. The van der Waals surface area contributed by atoms with Crippen molar-refractivity contribution in [2.45, 2.75) is 37.6 Å². The molecule has 1 aromatic carbocycles. The first-order valence-corrected chi connectivity index (χ1v) is 6.75. The molecule has 1 rings (SSSR count). The number of thioether (sulfide) groups is 1. The van der Waals surface area contributed by atoms with Gasteiger partial charge in [-0.1, -0.05) is 26.0 Å². The number of benzene rings is 1. The second-order valence-electron chi connectivity index (χ2n) is 4.35. The van der Waals surface area contributed by atoms with E-state index in [1.54, 1.807) is 11.8 Å². The smallest absolute Gasteiger partial charge is 0.0294 e. The molecule has 84 valence electrons. The molecule has 0 radical (unpaired) electrons. The van der Waals surface area contributed by atoms with Crippen molar-refractivity contribution in [2.24, 2.45) is 11.7 Å². The molecular weight excluding hydrogens is 202 g/mol. The van der Waals surface area contributed by atoms with E-state index >= 15 is 0 Å². The number of rotatable bonds is 5. The van der Waals surface area contributed by atoms with Gasteiger partial charge in [-0.3, -0.25) is 0 Å². The molecule has 0 aliphatic rings. The van der Waals surface area contributed by atoms with Crippen LogP contribution < -0.4 is 5.73 Å². The van der Waals surface area contributed by atoms with E-state index in [1.165, 1.54) is 16.9 Å². The third-order valence-electron chi connectivity index (χ3n) is 2.60. The van der Waals surface area contributed by atoms with E-state index in [9.17, 15) is 0 Å². The molecule has 2 heteroatoms. The highest BCUT2D eigenvalue weighted by molar-refractivity contribution is 7.98. The van der Waals surface area contributed by atoms with E-state index in [1.807, 2.05) is 0 Å². The summed E-state index contributed by atoms with van der Waals surface area (Å²) in [5.74, 6) is 0.738. The predicted octanol–water partition coefficient (Wildman–Crippen LogP) is 3.84. The lowest BCUT2D eigenvalue weighted by Crippen LogP contribution is -2.11. The van der Waals surface area contributed by atoms with E-state index in [0.717, 1.165) is 12.3 Å². The summed E-state index contributed by atoms with van der Waals surface area (Å²) in [5, 5.41) is 0. The minimum absolute atomic E-state index is 0.198. The van der Waals surface area contributed by atoms with Gasteiger partial charge in [-0.2, -0.15) is 0 Å². The summed E-state index contributed by atoms with van der Waals surface area (Å²) in [6.07, 6.45) is 4.37. The maximum Gasteiger partial charge on any atom is 0.0294 e. The van der Waals surface area contributed by atoms with Crippen molar-refractivity contribution in [1.82, 2.24) is 0 Å². The lowest BCUT2D eigenvalue weighted by atomic mass is 9.98. The van der Waals surface area contributed by atoms with Crippen LogP contribution in [-0.4, -0.2) is 6.26 Å². The monoisotopic (exact) mass is 223 g/mol. The Hall–Kier alpha value is -0.470. The molecule has 0 fully saturated rings. The molecule has 0 saturated carbocycles. The molecule has 1 unspecified atom stereocenters. The highest BCUT2D eigenvalue weighted by Gasteiger charge is 2.06. The quantitative estimate of drug-likeness (QED) is 0.767. The number of nitrogens with two attached hydrogens (primary N) is 1. The third-order valence-corrected chi connectivity index (χ3v) is 3.34. The van der Waals surface area contributed by atoms with Gasteiger partial charge in [0.1, 0.15) is 0 Å². The molecule has 1 atom stereocenters. The van der Waals surface area contributed by atoms with Crippen molar-refractivity contribution in [3.05, 3.63) is 29.8 Å². The topological polar surface area (TPSA) is 26.0 Å². The van der Waals surface area contributed by atoms with Gasteiger partial charge in [0, 0.05) is 10.9 Å². The Bertz CT molecular complexity index is 279. The zero-order valence-corrected chi connectivity index (χ0v) is 10.7. The fourth-order valence-corrected chi connectivity index (χ4v) is 1.94. The summed E-state index contributed by atoms with van der Waals surface area (Å²) in [5.41, 5.74) is 7.39. The van der Waals surface area contributed by atoms with E-state index in [2.05, 4.69) is 44.4 Å². The minimum Gasteiger partial charge on any atom is -0.324 e. The Morgan fingerprint density at radius 3 is 2.20 bits per heavy atom. The SMILES string of the molecule is CSc1ccc(C(N)CCC(C)C)cc1. The van der Waals surface area contributed by atoms with Gasteiger partial charge in [0.2, 0.25) is 0 Å². The van der Waals surface area contributed by atoms with Crippen LogP contribution in [0.1, 0.15) is 38.3 Å². The van der Waals surface area contributed by atoms with Gasteiger partial charge >= 0.3 is 0 Å². The van der Waals surface area contributed by atoms with Gasteiger partial charge in [0.15, 0.2) is 0 Å². The second-order valence-corrected chi connectivity index (χ2v) is 5.23. The van der Waals surface area contributed by atoms with Crippen LogP contribution in [0.3, 0.4) is 0 Å². The van der Waals surface area contributed by atoms with Gasteiger partial charge in [-0.15, -0.1) is 11.8 Å². The summed E-state index contributed by atoms with van der Waals surface area (Å²) in [4.78, 5) is 1.30. The molecular formula is C13H21NS. The van der Waals surface area contributed by atoms with Crippen LogP contribution in [0.25, 0.3) is 0 Å². The largest absolute Gasteiger partial charge is 0.324 e. The Balaban J connectivity index is 2.54. The zero-order valence-electron chi connectivity index (χ0n) is 9.86. The van der Waals surface area contributed by atoms with Crippen molar-refractivity contribution in [3.8, 4) is 0 Å². The summed E-state index contributed by atoms with van der Waals surface area (Å²) < 4.78 is 0. The zero-order chi connectivity index (χ0) is 11.3. The standard InChI is InChI=1S/C13H21NS/c1-10(2)4-9-13(14)11-5-7-12(15-3)8-6-11/h5-8,10,13H,4,9,14H2,1-3H3. The summed E-state index contributed by atoms with van der Waals surface area (Å²) >= 11 is 1.77. The van der Waals surface area contributed by atoms with Crippen LogP contribution in [0, 0.1) is 5.92 Å². The molecule has 0 aliphatic heterocycles. The maximum atomic E-state index is 6.13. The Morgan fingerprint density at radius 2 is 1.73 bits per heavy atom. The molecule has 1 nitrogen and oxygen atoms in total. The molecule has 0 aromatic heterocycles. The lowest BCUT2D eigenvalue weighted by Gasteiger charge is -2.13. The van der Waals surface area contributed by atoms with E-state index in [-0.39, 0.29) is 6.04 Å². The van der Waals surface area contributed by atoms with Crippen molar-refractivity contribution in [2.75, 3.05) is 6.26 Å². The van der Waals surface area contributed by atoms with Gasteiger partial charge in [-0.05, 0) is 42.7 Å². The van der Waals surface area contributed by atoms with Crippen molar-refractivity contribution in [1.29, 1.82) is 0 Å². The fraction of sp³-hybridized carbons (Fsp3) is 0.538. The highest BCUT2D eigenvalue weighted by Crippen LogP contribution is 2.21. The van der Waals surface area contributed by atoms with Crippen LogP contribution in [0.4, 0.5) is 0 Å². The molecule has 1 aromatic rings. The summed E-state index contributed by atoms with van der Waals surface area (Å²) in [6, 6.07) is 8.79. The van der Waals surface area contributed by atoms with Crippen LogP contribution in [0.15, 0.2) is 29.2 Å². The Kier molecular flexibility index (Phi) is 5.20.